The van der Waals surface area contributed by atoms with E-state index in [1.165, 1.54) is 35.6 Å². The molecular weight excluding hydrogens is 389 g/mol. The molecule has 0 fully saturated rings. The molecule has 0 spiro atoms. The van der Waals surface area contributed by atoms with Gasteiger partial charge in [0.05, 0.1) is 11.6 Å². The van der Waals surface area contributed by atoms with Crippen molar-refractivity contribution in [2.75, 3.05) is 10.6 Å². The number of hydrogen-bond donors (Lipinski definition) is 2. The topological polar surface area (TPSA) is 71.1 Å². The third kappa shape index (κ3) is 3.91. The molecule has 0 radical (unpaired) electrons. The first-order chi connectivity index (χ1) is 13.9. The monoisotopic (exact) mass is 409 g/mol. The maximum Gasteiger partial charge on any atom is 0.257 e. The summed E-state index contributed by atoms with van der Waals surface area (Å²) < 4.78 is 13.0. The van der Waals surface area contributed by atoms with Gasteiger partial charge in [-0.3, -0.25) is 14.9 Å². The largest absolute Gasteiger partial charge is 0.325 e. The standard InChI is InChI=1S/C22H20FN3O2S/c1-12-4-3-5-17(13(12)2)24-21(28)16-10-11-18-19(16)25-22(29-18)26-20(27)14-6-8-15(23)9-7-14/h3-9,16H,10-11H2,1-2H3,(H,24,28)(H,25,26,27). The van der Waals surface area contributed by atoms with Crippen LogP contribution in [0.2, 0.25) is 0 Å². The van der Waals surface area contributed by atoms with Crippen molar-refractivity contribution in [2.45, 2.75) is 32.6 Å². The van der Waals surface area contributed by atoms with Crippen LogP contribution in [0, 0.1) is 19.7 Å². The maximum atomic E-state index is 13.0. The zero-order valence-electron chi connectivity index (χ0n) is 16.1. The van der Waals surface area contributed by atoms with E-state index in [0.29, 0.717) is 17.1 Å². The molecule has 1 aliphatic rings. The number of nitrogens with one attached hydrogen (secondary N) is 2. The normalized spacial score (nSPS) is 15.1. The lowest BCUT2D eigenvalue weighted by Crippen LogP contribution is -2.20. The van der Waals surface area contributed by atoms with Gasteiger partial charge in [-0.1, -0.05) is 12.1 Å². The zero-order valence-corrected chi connectivity index (χ0v) is 16.9. The van der Waals surface area contributed by atoms with Crippen LogP contribution >= 0.6 is 11.3 Å². The van der Waals surface area contributed by atoms with Crippen molar-refractivity contribution in [1.82, 2.24) is 4.98 Å². The van der Waals surface area contributed by atoms with Gasteiger partial charge in [-0.2, -0.15) is 0 Å². The molecule has 1 aromatic heterocycles. The number of carbonyl (C=O) groups is 2. The SMILES string of the molecule is Cc1cccc(NC(=O)C2CCc3sc(NC(=O)c4ccc(F)cc4)nc32)c1C. The highest BCUT2D eigenvalue weighted by Gasteiger charge is 2.33. The van der Waals surface area contributed by atoms with Gasteiger partial charge in [0.25, 0.3) is 5.91 Å². The highest BCUT2D eigenvalue weighted by molar-refractivity contribution is 7.16. The summed E-state index contributed by atoms with van der Waals surface area (Å²) >= 11 is 1.38. The predicted octanol–water partition coefficient (Wildman–Crippen LogP) is 4.82. The van der Waals surface area contributed by atoms with Gasteiger partial charge < -0.3 is 5.32 Å². The Bertz CT molecular complexity index is 1090. The first kappa shape index (κ1) is 19.3. The highest BCUT2D eigenvalue weighted by atomic mass is 32.1. The fraction of sp³-hybridized carbons (Fsp3) is 0.227. The molecule has 2 N–H and O–H groups in total. The number of rotatable bonds is 4. The second-order valence-electron chi connectivity index (χ2n) is 7.12. The second kappa shape index (κ2) is 7.75. The Labute approximate surface area is 172 Å². The number of aryl methyl sites for hydroxylation is 2. The summed E-state index contributed by atoms with van der Waals surface area (Å²) in [6.45, 7) is 3.99. The molecule has 3 aromatic rings. The Morgan fingerprint density at radius 1 is 1.10 bits per heavy atom. The number of thiazole rings is 1. The molecule has 148 valence electrons. The summed E-state index contributed by atoms with van der Waals surface area (Å²) in [4.78, 5) is 30.7. The third-order valence-electron chi connectivity index (χ3n) is 5.22. The number of aromatic nitrogens is 1. The molecule has 4 rings (SSSR count). The molecule has 0 saturated heterocycles. The van der Waals surface area contributed by atoms with E-state index in [-0.39, 0.29) is 17.7 Å². The van der Waals surface area contributed by atoms with Crippen molar-refractivity contribution in [2.24, 2.45) is 0 Å². The van der Waals surface area contributed by atoms with Crippen LogP contribution in [0.4, 0.5) is 15.2 Å². The van der Waals surface area contributed by atoms with Gasteiger partial charge in [-0.15, -0.1) is 11.3 Å². The van der Waals surface area contributed by atoms with Gasteiger partial charge >= 0.3 is 0 Å². The molecule has 0 bridgehead atoms. The summed E-state index contributed by atoms with van der Waals surface area (Å²) in [5, 5.41) is 6.22. The van der Waals surface area contributed by atoms with Gasteiger partial charge in [-0.05, 0) is 68.1 Å². The van der Waals surface area contributed by atoms with E-state index in [2.05, 4.69) is 15.6 Å². The Morgan fingerprint density at radius 3 is 2.62 bits per heavy atom. The molecule has 7 heteroatoms. The summed E-state index contributed by atoms with van der Waals surface area (Å²) in [7, 11) is 0. The minimum absolute atomic E-state index is 0.0841. The molecule has 1 atom stereocenters. The van der Waals surface area contributed by atoms with Crippen LogP contribution in [-0.2, 0) is 11.2 Å². The lowest BCUT2D eigenvalue weighted by atomic mass is 10.0. The van der Waals surface area contributed by atoms with Gasteiger partial charge in [0, 0.05) is 16.1 Å². The molecular formula is C22H20FN3O2S. The predicted molar refractivity (Wildman–Crippen MR) is 112 cm³/mol. The fourth-order valence-electron chi connectivity index (χ4n) is 3.41. The molecule has 1 unspecified atom stereocenters. The first-order valence-electron chi connectivity index (χ1n) is 9.36. The van der Waals surface area contributed by atoms with E-state index in [4.69, 9.17) is 0 Å². The van der Waals surface area contributed by atoms with Gasteiger partial charge in [-0.25, -0.2) is 9.37 Å². The summed E-state index contributed by atoms with van der Waals surface area (Å²) in [5.41, 5.74) is 4.06. The molecule has 2 amide bonds. The quantitative estimate of drug-likeness (QED) is 0.649. The van der Waals surface area contributed by atoms with Crippen LogP contribution in [0.15, 0.2) is 42.5 Å². The van der Waals surface area contributed by atoms with Crippen molar-refractivity contribution in [3.63, 3.8) is 0 Å². The average Bonchev–Trinajstić information content (AvgIpc) is 3.26. The van der Waals surface area contributed by atoms with Crippen LogP contribution in [0.1, 0.15) is 44.4 Å². The fourth-order valence-corrected chi connectivity index (χ4v) is 4.45. The first-order valence-corrected chi connectivity index (χ1v) is 10.2. The van der Waals surface area contributed by atoms with E-state index in [0.717, 1.165) is 33.8 Å². The smallest absolute Gasteiger partial charge is 0.257 e. The van der Waals surface area contributed by atoms with Crippen LogP contribution in [0.5, 0.6) is 0 Å². The number of amides is 2. The lowest BCUT2D eigenvalue weighted by molar-refractivity contribution is -0.117. The Balaban J connectivity index is 1.48. The van der Waals surface area contributed by atoms with Crippen LogP contribution in [0.25, 0.3) is 0 Å². The number of nitrogens with zero attached hydrogens (tertiary/aromatic N) is 1. The summed E-state index contributed by atoms with van der Waals surface area (Å²) in [6.07, 6.45) is 1.46. The number of halogens is 1. The molecule has 0 aliphatic heterocycles. The van der Waals surface area contributed by atoms with Crippen LogP contribution in [0.3, 0.4) is 0 Å². The van der Waals surface area contributed by atoms with E-state index in [9.17, 15) is 14.0 Å². The zero-order chi connectivity index (χ0) is 20.5. The van der Waals surface area contributed by atoms with Gasteiger partial charge in [0.15, 0.2) is 5.13 Å². The summed E-state index contributed by atoms with van der Waals surface area (Å²) in [6, 6.07) is 11.2. The van der Waals surface area contributed by atoms with E-state index in [1.54, 1.807) is 0 Å². The Kier molecular flexibility index (Phi) is 5.15. The van der Waals surface area contributed by atoms with Crippen LogP contribution in [-0.4, -0.2) is 16.8 Å². The third-order valence-corrected chi connectivity index (χ3v) is 6.27. The number of anilines is 2. The summed E-state index contributed by atoms with van der Waals surface area (Å²) in [5.74, 6) is -1.17. The number of hydrogen-bond acceptors (Lipinski definition) is 4. The average molecular weight is 409 g/mol. The van der Waals surface area contributed by atoms with Crippen molar-refractivity contribution < 1.29 is 14.0 Å². The maximum absolute atomic E-state index is 13.0. The van der Waals surface area contributed by atoms with Crippen LogP contribution < -0.4 is 10.6 Å². The second-order valence-corrected chi connectivity index (χ2v) is 8.20. The Morgan fingerprint density at radius 2 is 1.86 bits per heavy atom. The van der Waals surface area contributed by atoms with Gasteiger partial charge in [0.2, 0.25) is 5.91 Å². The lowest BCUT2D eigenvalue weighted by Gasteiger charge is -2.14. The highest BCUT2D eigenvalue weighted by Crippen LogP contribution is 2.39. The number of benzene rings is 2. The van der Waals surface area contributed by atoms with Crippen molar-refractivity contribution in [3.8, 4) is 0 Å². The molecule has 1 aliphatic carbocycles. The molecule has 5 nitrogen and oxygen atoms in total. The molecule has 0 saturated carbocycles. The molecule has 1 heterocycles. The van der Waals surface area contributed by atoms with E-state index in [1.807, 2.05) is 32.0 Å². The van der Waals surface area contributed by atoms with Gasteiger partial charge in [0.1, 0.15) is 5.82 Å². The van der Waals surface area contributed by atoms with Crippen molar-refractivity contribution in [1.29, 1.82) is 0 Å². The molecule has 2 aromatic carbocycles. The van der Waals surface area contributed by atoms with Crippen molar-refractivity contribution >= 4 is 34.0 Å². The van der Waals surface area contributed by atoms with E-state index >= 15 is 0 Å². The Hall–Kier alpha value is -3.06. The van der Waals surface area contributed by atoms with Crippen molar-refractivity contribution in [3.05, 3.63) is 75.5 Å². The number of fused-ring (bicyclic) bond motifs is 1. The minimum atomic E-state index is -0.396. The number of carbonyl (C=O) groups excluding carboxylic acids is 2. The molecule has 29 heavy (non-hydrogen) atoms. The minimum Gasteiger partial charge on any atom is -0.325 e. The van der Waals surface area contributed by atoms with E-state index < -0.39 is 5.82 Å².